The number of ether oxygens (including phenoxy) is 2. The highest BCUT2D eigenvalue weighted by atomic mass is 16.6. The van der Waals surface area contributed by atoms with Crippen molar-refractivity contribution in [2.75, 3.05) is 20.4 Å². The highest BCUT2D eigenvalue weighted by molar-refractivity contribution is 4.90. The first-order valence-electron chi connectivity index (χ1n) is 8.29. The molecule has 0 aliphatic carbocycles. The Labute approximate surface area is 130 Å². The van der Waals surface area contributed by atoms with E-state index in [4.69, 9.17) is 9.47 Å². The first-order valence-corrected chi connectivity index (χ1v) is 8.29. The third-order valence-corrected chi connectivity index (χ3v) is 4.69. The molecule has 3 atom stereocenters. The van der Waals surface area contributed by atoms with Crippen molar-refractivity contribution in [3.63, 3.8) is 0 Å². The molecule has 0 radical (unpaired) electrons. The summed E-state index contributed by atoms with van der Waals surface area (Å²) < 4.78 is 12.1. The zero-order chi connectivity index (χ0) is 16.2. The second-order valence-corrected chi connectivity index (χ2v) is 7.88. The van der Waals surface area contributed by atoms with Crippen LogP contribution in [0.3, 0.4) is 0 Å². The summed E-state index contributed by atoms with van der Waals surface area (Å²) in [6, 6.07) is 0. The molecule has 1 heterocycles. The van der Waals surface area contributed by atoms with Gasteiger partial charge >= 0.3 is 0 Å². The van der Waals surface area contributed by atoms with E-state index in [0.29, 0.717) is 23.7 Å². The van der Waals surface area contributed by atoms with Crippen LogP contribution in [0.1, 0.15) is 54.4 Å². The van der Waals surface area contributed by atoms with Gasteiger partial charge < -0.3 is 14.7 Å². The van der Waals surface area contributed by atoms with Gasteiger partial charge in [-0.3, -0.25) is 0 Å². The van der Waals surface area contributed by atoms with Crippen molar-refractivity contribution in [3.8, 4) is 0 Å². The Hall–Kier alpha value is -0.160. The fraction of sp³-hybridized carbons (Fsp3) is 1.00. The molecule has 0 bridgehead atoms. The first kappa shape index (κ1) is 18.9. The summed E-state index contributed by atoms with van der Waals surface area (Å²) in [6.07, 6.45) is 2.47. The molecule has 1 saturated heterocycles. The van der Waals surface area contributed by atoms with Gasteiger partial charge in [-0.15, -0.1) is 0 Å². The molecule has 1 aliphatic heterocycles. The molecule has 1 aliphatic rings. The first-order chi connectivity index (χ1) is 9.63. The molecule has 0 aromatic carbocycles. The molecule has 1 rings (SSSR count). The van der Waals surface area contributed by atoms with E-state index >= 15 is 0 Å². The normalized spacial score (nSPS) is 25.3. The number of rotatable bonds is 8. The van der Waals surface area contributed by atoms with E-state index in [9.17, 15) is 5.21 Å². The lowest BCUT2D eigenvalue weighted by Gasteiger charge is -2.39. The standard InChI is InChI=1S/C17H35NO3/c1-12(2)8-15(17(5,6)21-11-18(7)19)16-9-14(10-20-16)13(3)4/h12-16,19H,8-11H2,1-7H3. The molecule has 0 aromatic rings. The third-order valence-electron chi connectivity index (χ3n) is 4.69. The highest BCUT2D eigenvalue weighted by Crippen LogP contribution is 2.39. The van der Waals surface area contributed by atoms with Gasteiger partial charge in [-0.2, -0.15) is 5.06 Å². The fourth-order valence-electron chi connectivity index (χ4n) is 3.18. The smallest absolute Gasteiger partial charge is 0.122 e. The van der Waals surface area contributed by atoms with Gasteiger partial charge in [0.05, 0.1) is 18.3 Å². The lowest BCUT2D eigenvalue weighted by Crippen LogP contribution is -2.44. The quantitative estimate of drug-likeness (QED) is 0.547. The van der Waals surface area contributed by atoms with Crippen molar-refractivity contribution in [2.45, 2.75) is 66.1 Å². The SMILES string of the molecule is CC(C)CC(C1CC(C(C)C)CO1)C(C)(C)OCN(C)O. The van der Waals surface area contributed by atoms with Crippen LogP contribution in [0.4, 0.5) is 0 Å². The van der Waals surface area contributed by atoms with Crippen molar-refractivity contribution < 1.29 is 14.7 Å². The minimum atomic E-state index is -0.308. The molecule has 21 heavy (non-hydrogen) atoms. The second kappa shape index (κ2) is 7.91. The van der Waals surface area contributed by atoms with Crippen LogP contribution in [0.5, 0.6) is 0 Å². The summed E-state index contributed by atoms with van der Waals surface area (Å²) in [5, 5.41) is 10.4. The van der Waals surface area contributed by atoms with Crippen LogP contribution in [0.25, 0.3) is 0 Å². The third kappa shape index (κ3) is 5.85. The highest BCUT2D eigenvalue weighted by Gasteiger charge is 2.42. The number of hydrogen-bond acceptors (Lipinski definition) is 4. The molecule has 1 N–H and O–H groups in total. The van der Waals surface area contributed by atoms with E-state index in [0.717, 1.165) is 24.5 Å². The Morgan fingerprint density at radius 1 is 1.29 bits per heavy atom. The molecular formula is C17H35NO3. The Balaban J connectivity index is 2.75. The molecule has 0 amide bonds. The lowest BCUT2D eigenvalue weighted by atomic mass is 9.77. The van der Waals surface area contributed by atoms with E-state index in [1.165, 1.54) is 0 Å². The zero-order valence-corrected chi connectivity index (χ0v) is 14.9. The van der Waals surface area contributed by atoms with Crippen LogP contribution in [0.2, 0.25) is 0 Å². The zero-order valence-electron chi connectivity index (χ0n) is 14.9. The maximum Gasteiger partial charge on any atom is 0.122 e. The van der Waals surface area contributed by atoms with Gasteiger partial charge in [0, 0.05) is 13.0 Å². The average molecular weight is 301 g/mol. The van der Waals surface area contributed by atoms with Crippen molar-refractivity contribution in [1.82, 2.24) is 5.06 Å². The van der Waals surface area contributed by atoms with Gasteiger partial charge in [-0.25, -0.2) is 0 Å². The monoisotopic (exact) mass is 301 g/mol. The van der Waals surface area contributed by atoms with Crippen molar-refractivity contribution in [2.24, 2.45) is 23.7 Å². The van der Waals surface area contributed by atoms with Gasteiger partial charge in [0.1, 0.15) is 6.73 Å². The average Bonchev–Trinajstić information content (AvgIpc) is 2.82. The van der Waals surface area contributed by atoms with Crippen LogP contribution in [-0.2, 0) is 9.47 Å². The summed E-state index contributed by atoms with van der Waals surface area (Å²) in [5.74, 6) is 2.27. The predicted octanol–water partition coefficient (Wildman–Crippen LogP) is 3.78. The van der Waals surface area contributed by atoms with Crippen LogP contribution < -0.4 is 0 Å². The molecule has 4 heteroatoms. The maximum absolute atomic E-state index is 9.34. The Morgan fingerprint density at radius 3 is 2.33 bits per heavy atom. The van der Waals surface area contributed by atoms with Crippen LogP contribution in [0.15, 0.2) is 0 Å². The van der Waals surface area contributed by atoms with E-state index in [1.54, 1.807) is 7.05 Å². The Bertz CT molecular complexity index is 302. The molecule has 4 nitrogen and oxygen atoms in total. The number of nitrogens with zero attached hydrogens (tertiary/aromatic N) is 1. The summed E-state index contributed by atoms with van der Waals surface area (Å²) >= 11 is 0. The van der Waals surface area contributed by atoms with E-state index in [-0.39, 0.29) is 18.4 Å². The number of hydrogen-bond donors (Lipinski definition) is 1. The minimum Gasteiger partial charge on any atom is -0.378 e. The van der Waals surface area contributed by atoms with Gasteiger partial charge in [-0.1, -0.05) is 27.7 Å². The van der Waals surface area contributed by atoms with Crippen molar-refractivity contribution >= 4 is 0 Å². The van der Waals surface area contributed by atoms with Gasteiger partial charge in [-0.05, 0) is 44.4 Å². The largest absolute Gasteiger partial charge is 0.378 e. The van der Waals surface area contributed by atoms with Gasteiger partial charge in [0.15, 0.2) is 0 Å². The second-order valence-electron chi connectivity index (χ2n) is 7.88. The Morgan fingerprint density at radius 2 is 1.90 bits per heavy atom. The predicted molar refractivity (Wildman–Crippen MR) is 85.2 cm³/mol. The summed E-state index contributed by atoms with van der Waals surface area (Å²) in [7, 11) is 1.61. The summed E-state index contributed by atoms with van der Waals surface area (Å²) in [6.45, 7) is 14.4. The van der Waals surface area contributed by atoms with Gasteiger partial charge in [0.2, 0.25) is 0 Å². The van der Waals surface area contributed by atoms with Crippen molar-refractivity contribution in [3.05, 3.63) is 0 Å². The van der Waals surface area contributed by atoms with E-state index < -0.39 is 0 Å². The molecule has 3 unspecified atom stereocenters. The number of hydroxylamine groups is 2. The fourth-order valence-corrected chi connectivity index (χ4v) is 3.18. The van der Waals surface area contributed by atoms with Crippen LogP contribution in [0, 0.1) is 23.7 Å². The van der Waals surface area contributed by atoms with Crippen LogP contribution in [-0.4, -0.2) is 42.4 Å². The minimum absolute atomic E-state index is 0.224. The Kier molecular flexibility index (Phi) is 7.11. The topological polar surface area (TPSA) is 41.9 Å². The van der Waals surface area contributed by atoms with E-state index in [2.05, 4.69) is 41.5 Å². The van der Waals surface area contributed by atoms with Crippen molar-refractivity contribution in [1.29, 1.82) is 0 Å². The molecule has 126 valence electrons. The molecule has 1 fully saturated rings. The van der Waals surface area contributed by atoms with E-state index in [1.807, 2.05) is 0 Å². The lowest BCUT2D eigenvalue weighted by molar-refractivity contribution is -0.201. The maximum atomic E-state index is 9.34. The molecule has 0 aromatic heterocycles. The molecule has 0 spiro atoms. The summed E-state index contributed by atoms with van der Waals surface area (Å²) in [4.78, 5) is 0. The van der Waals surface area contributed by atoms with Gasteiger partial charge in [0.25, 0.3) is 0 Å². The molecule has 0 saturated carbocycles. The molecular weight excluding hydrogens is 266 g/mol. The van der Waals surface area contributed by atoms with Crippen LogP contribution >= 0.6 is 0 Å². The summed E-state index contributed by atoms with van der Waals surface area (Å²) in [5.41, 5.74) is -0.308.